The lowest BCUT2D eigenvalue weighted by Gasteiger charge is -1.98. The zero-order chi connectivity index (χ0) is 10.3. The van der Waals surface area contributed by atoms with Crippen molar-refractivity contribution >= 4 is 31.9 Å². The summed E-state index contributed by atoms with van der Waals surface area (Å²) in [6.07, 6.45) is 1.23. The minimum absolute atomic E-state index is 0.391. The fourth-order valence-electron chi connectivity index (χ4n) is 1.40. The molecule has 0 aliphatic heterocycles. The normalized spacial score (nSPS) is 12.1. The van der Waals surface area contributed by atoms with E-state index in [0.717, 1.165) is 10.8 Å². The molecule has 0 spiro atoms. The summed E-state index contributed by atoms with van der Waals surface area (Å²) < 4.78 is 22.6. The summed E-state index contributed by atoms with van der Waals surface area (Å²) in [5, 5.41) is 4.14. The third-order valence-electron chi connectivity index (χ3n) is 2.19. The molecule has 2 nitrogen and oxygen atoms in total. The molecular weight excluding hydrogens is 216 g/mol. The molecule has 0 aliphatic carbocycles. The first-order valence-corrected chi connectivity index (χ1v) is 6.93. The van der Waals surface area contributed by atoms with Crippen molar-refractivity contribution in [2.75, 3.05) is 6.26 Å². The highest BCUT2D eigenvalue weighted by Crippen LogP contribution is 2.26. The van der Waals surface area contributed by atoms with Crippen molar-refractivity contribution in [2.24, 2.45) is 0 Å². The molecule has 4 heteroatoms. The minimum Gasteiger partial charge on any atom is -0.224 e. The predicted molar refractivity (Wildman–Crippen MR) is 59.7 cm³/mol. The van der Waals surface area contributed by atoms with Crippen LogP contribution in [0.3, 0.4) is 0 Å². The summed E-state index contributed by atoms with van der Waals surface area (Å²) in [5.41, 5.74) is 0. The average molecular weight is 226 g/mol. The summed E-state index contributed by atoms with van der Waals surface area (Å²) in [4.78, 5) is 1.61. The standard InChI is InChI=1S/C10H10O2S2/c1-7-10-4-3-9(14(2,11)12)5-8(10)6-13-7/h3-6H,1-2H3. The van der Waals surface area contributed by atoms with Crippen molar-refractivity contribution in [3.63, 3.8) is 0 Å². The van der Waals surface area contributed by atoms with Gasteiger partial charge in [0.1, 0.15) is 0 Å². The molecule has 0 fully saturated rings. The van der Waals surface area contributed by atoms with Crippen LogP contribution in [0.25, 0.3) is 10.8 Å². The lowest BCUT2D eigenvalue weighted by Crippen LogP contribution is -1.95. The average Bonchev–Trinajstić information content (AvgIpc) is 2.46. The van der Waals surface area contributed by atoms with Gasteiger partial charge in [-0.25, -0.2) is 8.42 Å². The van der Waals surface area contributed by atoms with E-state index in [0.29, 0.717) is 4.90 Å². The third-order valence-corrected chi connectivity index (χ3v) is 4.25. The van der Waals surface area contributed by atoms with Gasteiger partial charge in [0, 0.05) is 11.1 Å². The molecule has 0 amide bonds. The Morgan fingerprint density at radius 1 is 1.29 bits per heavy atom. The SMILES string of the molecule is Cc1scc2cc(S(C)(=O)=O)ccc12. The van der Waals surface area contributed by atoms with Gasteiger partial charge in [0.25, 0.3) is 0 Å². The Labute approximate surface area is 87.1 Å². The highest BCUT2D eigenvalue weighted by Gasteiger charge is 2.08. The van der Waals surface area contributed by atoms with Gasteiger partial charge in [-0.2, -0.15) is 0 Å². The summed E-state index contributed by atoms with van der Waals surface area (Å²) in [7, 11) is -3.08. The van der Waals surface area contributed by atoms with Gasteiger partial charge in [0.15, 0.2) is 9.84 Å². The van der Waals surface area contributed by atoms with Crippen molar-refractivity contribution < 1.29 is 8.42 Å². The summed E-state index contributed by atoms with van der Waals surface area (Å²) >= 11 is 1.64. The van der Waals surface area contributed by atoms with Gasteiger partial charge in [-0.15, -0.1) is 11.3 Å². The zero-order valence-corrected chi connectivity index (χ0v) is 9.58. The van der Waals surface area contributed by atoms with E-state index in [1.165, 1.54) is 11.1 Å². The van der Waals surface area contributed by atoms with E-state index >= 15 is 0 Å². The van der Waals surface area contributed by atoms with Gasteiger partial charge in [0.2, 0.25) is 0 Å². The quantitative estimate of drug-likeness (QED) is 0.749. The largest absolute Gasteiger partial charge is 0.224 e. The Kier molecular flexibility index (Phi) is 2.12. The Morgan fingerprint density at radius 2 is 2.00 bits per heavy atom. The maximum absolute atomic E-state index is 11.3. The third kappa shape index (κ3) is 1.55. The van der Waals surface area contributed by atoms with E-state index in [9.17, 15) is 8.42 Å². The molecule has 0 saturated carbocycles. The molecule has 0 saturated heterocycles. The Bertz CT molecular complexity index is 579. The number of sulfone groups is 1. The number of thiophene rings is 1. The van der Waals surface area contributed by atoms with Crippen LogP contribution < -0.4 is 0 Å². The van der Waals surface area contributed by atoms with Gasteiger partial charge in [-0.3, -0.25) is 0 Å². The number of fused-ring (bicyclic) bond motifs is 1. The number of benzene rings is 1. The Hall–Kier alpha value is -0.870. The number of hydrogen-bond acceptors (Lipinski definition) is 3. The number of hydrogen-bond donors (Lipinski definition) is 0. The molecule has 1 heterocycles. The van der Waals surface area contributed by atoms with Crippen LogP contribution in [0.1, 0.15) is 4.88 Å². The van der Waals surface area contributed by atoms with Crippen molar-refractivity contribution in [2.45, 2.75) is 11.8 Å². The van der Waals surface area contributed by atoms with E-state index in [1.54, 1.807) is 23.5 Å². The van der Waals surface area contributed by atoms with Gasteiger partial charge < -0.3 is 0 Å². The van der Waals surface area contributed by atoms with Crippen molar-refractivity contribution in [1.82, 2.24) is 0 Å². The summed E-state index contributed by atoms with van der Waals surface area (Å²) in [6, 6.07) is 5.27. The molecular formula is C10H10O2S2. The summed E-state index contributed by atoms with van der Waals surface area (Å²) in [5.74, 6) is 0. The van der Waals surface area contributed by atoms with E-state index in [-0.39, 0.29) is 0 Å². The second kappa shape index (κ2) is 3.07. The molecule has 0 aliphatic rings. The molecule has 0 unspecified atom stereocenters. The first-order chi connectivity index (χ1) is 6.48. The molecule has 0 atom stereocenters. The smallest absolute Gasteiger partial charge is 0.175 e. The lowest BCUT2D eigenvalue weighted by molar-refractivity contribution is 0.602. The van der Waals surface area contributed by atoms with Crippen LogP contribution in [0, 0.1) is 6.92 Å². The van der Waals surface area contributed by atoms with Gasteiger partial charge in [0.05, 0.1) is 4.90 Å². The molecule has 74 valence electrons. The highest BCUT2D eigenvalue weighted by atomic mass is 32.2. The topological polar surface area (TPSA) is 34.1 Å². The summed E-state index contributed by atoms with van der Waals surface area (Å²) in [6.45, 7) is 2.03. The van der Waals surface area contributed by atoms with E-state index < -0.39 is 9.84 Å². The lowest BCUT2D eigenvalue weighted by atomic mass is 10.2. The van der Waals surface area contributed by atoms with Gasteiger partial charge in [-0.05, 0) is 35.2 Å². The van der Waals surface area contributed by atoms with E-state index in [2.05, 4.69) is 0 Å². The van der Waals surface area contributed by atoms with Crippen molar-refractivity contribution in [3.05, 3.63) is 28.5 Å². The van der Waals surface area contributed by atoms with E-state index in [4.69, 9.17) is 0 Å². The molecule has 14 heavy (non-hydrogen) atoms. The van der Waals surface area contributed by atoms with Crippen LogP contribution in [0.2, 0.25) is 0 Å². The van der Waals surface area contributed by atoms with Crippen LogP contribution in [0.4, 0.5) is 0 Å². The number of aryl methyl sites for hydroxylation is 1. The molecule has 1 aromatic carbocycles. The maximum atomic E-state index is 11.3. The molecule has 1 aromatic heterocycles. The fourth-order valence-corrected chi connectivity index (χ4v) is 2.87. The second-order valence-corrected chi connectivity index (χ2v) is 6.41. The minimum atomic E-state index is -3.08. The Balaban J connectivity index is 2.76. The fraction of sp³-hybridized carbons (Fsp3) is 0.200. The van der Waals surface area contributed by atoms with Crippen LogP contribution in [0.5, 0.6) is 0 Å². The second-order valence-electron chi connectivity index (χ2n) is 3.31. The molecule has 0 N–H and O–H groups in total. The zero-order valence-electron chi connectivity index (χ0n) is 7.94. The van der Waals surface area contributed by atoms with Gasteiger partial charge in [-0.1, -0.05) is 6.07 Å². The Morgan fingerprint density at radius 3 is 2.64 bits per heavy atom. The molecule has 2 aromatic rings. The highest BCUT2D eigenvalue weighted by molar-refractivity contribution is 7.90. The van der Waals surface area contributed by atoms with Crippen LogP contribution >= 0.6 is 11.3 Å². The molecule has 0 bridgehead atoms. The van der Waals surface area contributed by atoms with Gasteiger partial charge >= 0.3 is 0 Å². The van der Waals surface area contributed by atoms with Crippen molar-refractivity contribution in [1.29, 1.82) is 0 Å². The maximum Gasteiger partial charge on any atom is 0.175 e. The first kappa shape index (κ1) is 9.68. The first-order valence-electron chi connectivity index (χ1n) is 4.16. The number of rotatable bonds is 1. The molecule has 2 rings (SSSR count). The van der Waals surface area contributed by atoms with Crippen LogP contribution in [-0.4, -0.2) is 14.7 Å². The van der Waals surface area contributed by atoms with Crippen LogP contribution in [-0.2, 0) is 9.84 Å². The van der Waals surface area contributed by atoms with Crippen molar-refractivity contribution in [3.8, 4) is 0 Å². The molecule has 0 radical (unpaired) electrons. The predicted octanol–water partition coefficient (Wildman–Crippen LogP) is 2.61. The monoisotopic (exact) mass is 226 g/mol. The van der Waals surface area contributed by atoms with E-state index in [1.807, 2.05) is 18.4 Å². The van der Waals surface area contributed by atoms with Crippen LogP contribution in [0.15, 0.2) is 28.5 Å².